The van der Waals surface area contributed by atoms with Crippen LogP contribution in [0, 0.1) is 6.92 Å². The van der Waals surface area contributed by atoms with Crippen LogP contribution in [0.4, 0.5) is 13.2 Å². The van der Waals surface area contributed by atoms with Crippen LogP contribution in [0.25, 0.3) is 0 Å². The summed E-state index contributed by atoms with van der Waals surface area (Å²) in [6.45, 7) is 5.90. The van der Waals surface area contributed by atoms with Gasteiger partial charge in [-0.05, 0) is 6.92 Å². The molecule has 19 heavy (non-hydrogen) atoms. The van der Waals surface area contributed by atoms with Gasteiger partial charge >= 0.3 is 18.1 Å². The van der Waals surface area contributed by atoms with Gasteiger partial charge in [-0.3, -0.25) is 0 Å². The van der Waals surface area contributed by atoms with Crippen LogP contribution in [-0.4, -0.2) is 37.9 Å². The van der Waals surface area contributed by atoms with Gasteiger partial charge in [0.25, 0.3) is 0 Å². The van der Waals surface area contributed by atoms with Crippen LogP contribution >= 0.6 is 0 Å². The van der Waals surface area contributed by atoms with Gasteiger partial charge in [-0.15, -0.1) is 6.58 Å². The molecule has 1 heterocycles. The van der Waals surface area contributed by atoms with E-state index in [1.165, 1.54) is 6.20 Å². The number of aryl methyl sites for hydroxylation is 1. The maximum atomic E-state index is 10.6. The Morgan fingerprint density at radius 2 is 1.95 bits per heavy atom. The smallest absolute Gasteiger partial charge is 0.476 e. The fourth-order valence-electron chi connectivity index (χ4n) is 0.935. The van der Waals surface area contributed by atoms with Crippen molar-refractivity contribution in [2.45, 2.75) is 19.6 Å². The van der Waals surface area contributed by atoms with Gasteiger partial charge in [-0.25, -0.2) is 14.6 Å². The highest BCUT2D eigenvalue weighted by Crippen LogP contribution is 2.13. The zero-order valence-electron chi connectivity index (χ0n) is 9.81. The highest BCUT2D eigenvalue weighted by Gasteiger charge is 2.38. The molecule has 0 aliphatic carbocycles. The van der Waals surface area contributed by atoms with Crippen LogP contribution < -0.4 is 0 Å². The average molecular weight is 280 g/mol. The topological polar surface area (TPSA) is 92.4 Å². The van der Waals surface area contributed by atoms with Gasteiger partial charge in [-0.2, -0.15) is 13.2 Å². The lowest BCUT2D eigenvalue weighted by atomic mass is 10.5. The largest absolute Gasteiger partial charge is 0.490 e. The Kier molecular flexibility index (Phi) is 5.77. The summed E-state index contributed by atoms with van der Waals surface area (Å²) in [5, 5.41) is 15.7. The standard InChI is InChI=1S/C8H10N2O2.C2HF3O2/c1-3-4-10-5-7(8(11)12)9-6(10)2;3-2(4,5)1(6)7/h3,5H,1,4H2,2H3,(H,11,12);(H,6,7). The predicted octanol–water partition coefficient (Wildman–Crippen LogP) is 1.71. The summed E-state index contributed by atoms with van der Waals surface area (Å²) in [6.07, 6.45) is -1.89. The van der Waals surface area contributed by atoms with Gasteiger partial charge in [0, 0.05) is 12.7 Å². The first-order valence-corrected chi connectivity index (χ1v) is 4.77. The quantitative estimate of drug-likeness (QED) is 0.822. The van der Waals surface area contributed by atoms with E-state index in [9.17, 15) is 18.0 Å². The van der Waals surface area contributed by atoms with Crippen molar-refractivity contribution in [2.75, 3.05) is 0 Å². The lowest BCUT2D eigenvalue weighted by Gasteiger charge is -1.96. The molecule has 0 saturated carbocycles. The Bertz CT molecular complexity index is 480. The summed E-state index contributed by atoms with van der Waals surface area (Å²) in [5.74, 6) is -3.07. The fraction of sp³-hybridized carbons (Fsp3) is 0.300. The third kappa shape index (κ3) is 5.70. The molecule has 0 saturated heterocycles. The van der Waals surface area contributed by atoms with Crippen LogP contribution in [0.5, 0.6) is 0 Å². The molecule has 0 atom stereocenters. The van der Waals surface area contributed by atoms with Gasteiger partial charge in [0.1, 0.15) is 5.82 Å². The molecule has 1 aromatic heterocycles. The number of rotatable bonds is 3. The zero-order valence-corrected chi connectivity index (χ0v) is 9.81. The minimum absolute atomic E-state index is 0.0781. The van der Waals surface area contributed by atoms with E-state index in [2.05, 4.69) is 11.6 Å². The number of imidazole rings is 1. The summed E-state index contributed by atoms with van der Waals surface area (Å²) in [4.78, 5) is 23.2. The number of aliphatic carboxylic acids is 1. The molecule has 106 valence electrons. The number of carbonyl (C=O) groups is 2. The SMILES string of the molecule is C=CCn1cc(C(=O)O)nc1C.O=C(O)C(F)(F)F. The third-order valence-electron chi connectivity index (χ3n) is 1.76. The Hall–Kier alpha value is -2.32. The maximum Gasteiger partial charge on any atom is 0.490 e. The van der Waals surface area contributed by atoms with Crippen molar-refractivity contribution in [1.29, 1.82) is 0 Å². The summed E-state index contributed by atoms with van der Waals surface area (Å²) in [7, 11) is 0. The number of aromatic nitrogens is 2. The number of hydrogen-bond donors (Lipinski definition) is 2. The molecule has 0 aliphatic heterocycles. The second kappa shape index (κ2) is 6.57. The van der Waals surface area contributed by atoms with Crippen molar-refractivity contribution < 1.29 is 33.0 Å². The van der Waals surface area contributed by atoms with Gasteiger partial charge in [0.15, 0.2) is 5.69 Å². The van der Waals surface area contributed by atoms with Crippen molar-refractivity contribution in [3.63, 3.8) is 0 Å². The number of halogens is 3. The molecule has 9 heteroatoms. The summed E-state index contributed by atoms with van der Waals surface area (Å²) in [6, 6.07) is 0. The number of aromatic carboxylic acids is 1. The Labute approximate surface area is 105 Å². The highest BCUT2D eigenvalue weighted by molar-refractivity contribution is 5.85. The number of nitrogens with zero attached hydrogens (tertiary/aromatic N) is 2. The van der Waals surface area contributed by atoms with Crippen molar-refractivity contribution in [2.24, 2.45) is 0 Å². The molecular weight excluding hydrogens is 269 g/mol. The lowest BCUT2D eigenvalue weighted by Crippen LogP contribution is -2.21. The van der Waals surface area contributed by atoms with E-state index in [1.807, 2.05) is 0 Å². The van der Waals surface area contributed by atoms with E-state index in [-0.39, 0.29) is 5.69 Å². The molecule has 2 N–H and O–H groups in total. The fourth-order valence-corrected chi connectivity index (χ4v) is 0.935. The first kappa shape index (κ1) is 16.7. The summed E-state index contributed by atoms with van der Waals surface area (Å²) in [5.41, 5.74) is 0.0781. The molecule has 0 aromatic carbocycles. The number of carboxylic acid groups (broad SMARTS) is 2. The molecule has 0 fully saturated rings. The van der Waals surface area contributed by atoms with E-state index in [4.69, 9.17) is 15.0 Å². The van der Waals surface area contributed by atoms with Crippen molar-refractivity contribution in [1.82, 2.24) is 9.55 Å². The molecule has 0 radical (unpaired) electrons. The average Bonchev–Trinajstić information content (AvgIpc) is 2.61. The van der Waals surface area contributed by atoms with E-state index >= 15 is 0 Å². The van der Waals surface area contributed by atoms with Crippen LogP contribution in [0.1, 0.15) is 16.3 Å². The molecule has 0 aliphatic rings. The van der Waals surface area contributed by atoms with E-state index < -0.39 is 18.1 Å². The molecule has 1 rings (SSSR count). The molecule has 6 nitrogen and oxygen atoms in total. The molecule has 0 amide bonds. The van der Waals surface area contributed by atoms with Crippen LogP contribution in [0.2, 0.25) is 0 Å². The second-order valence-electron chi connectivity index (χ2n) is 3.22. The number of alkyl halides is 3. The lowest BCUT2D eigenvalue weighted by molar-refractivity contribution is -0.192. The third-order valence-corrected chi connectivity index (χ3v) is 1.76. The second-order valence-corrected chi connectivity index (χ2v) is 3.22. The van der Waals surface area contributed by atoms with E-state index in [0.717, 1.165) is 0 Å². The van der Waals surface area contributed by atoms with Gasteiger partial charge in [0.2, 0.25) is 0 Å². The summed E-state index contributed by atoms with van der Waals surface area (Å²) < 4.78 is 33.5. The zero-order chi connectivity index (χ0) is 15.2. The normalized spacial score (nSPS) is 10.3. The van der Waals surface area contributed by atoms with Crippen molar-refractivity contribution in [3.05, 3.63) is 30.4 Å². The number of allylic oxidation sites excluding steroid dienone is 1. The van der Waals surface area contributed by atoms with Crippen LogP contribution in [0.3, 0.4) is 0 Å². The van der Waals surface area contributed by atoms with Gasteiger partial charge in [0.05, 0.1) is 0 Å². The molecule has 1 aromatic rings. The number of hydrogen-bond acceptors (Lipinski definition) is 3. The minimum Gasteiger partial charge on any atom is -0.476 e. The minimum atomic E-state index is -5.08. The van der Waals surface area contributed by atoms with Crippen molar-refractivity contribution >= 4 is 11.9 Å². The highest BCUT2D eigenvalue weighted by atomic mass is 19.4. The molecule has 0 spiro atoms. The Morgan fingerprint density at radius 1 is 1.47 bits per heavy atom. The summed E-state index contributed by atoms with van der Waals surface area (Å²) >= 11 is 0. The van der Waals surface area contributed by atoms with E-state index in [1.54, 1.807) is 17.6 Å². The van der Waals surface area contributed by atoms with Crippen molar-refractivity contribution in [3.8, 4) is 0 Å². The molecular formula is C10H11F3N2O4. The predicted molar refractivity (Wildman–Crippen MR) is 57.8 cm³/mol. The Balaban J connectivity index is 0.000000399. The Morgan fingerprint density at radius 3 is 2.21 bits per heavy atom. The monoisotopic (exact) mass is 280 g/mol. The van der Waals surface area contributed by atoms with Crippen LogP contribution in [-0.2, 0) is 11.3 Å². The maximum absolute atomic E-state index is 10.6. The molecule has 0 bridgehead atoms. The first-order valence-electron chi connectivity index (χ1n) is 4.77. The molecule has 0 unspecified atom stereocenters. The first-order chi connectivity index (χ1) is 8.59. The number of carboxylic acids is 2. The van der Waals surface area contributed by atoms with Gasteiger partial charge in [-0.1, -0.05) is 6.08 Å². The van der Waals surface area contributed by atoms with Gasteiger partial charge < -0.3 is 14.8 Å². The van der Waals surface area contributed by atoms with E-state index in [0.29, 0.717) is 12.4 Å². The van der Waals surface area contributed by atoms with Crippen LogP contribution in [0.15, 0.2) is 18.9 Å².